The molecule has 0 unspecified atom stereocenters. The van der Waals surface area contributed by atoms with Crippen molar-refractivity contribution in [2.75, 3.05) is 45.4 Å². The highest BCUT2D eigenvalue weighted by Crippen LogP contribution is 2.21. The van der Waals surface area contributed by atoms with Gasteiger partial charge in [-0.05, 0) is 35.4 Å². The number of rotatable bonds is 6. The fourth-order valence-corrected chi connectivity index (χ4v) is 3.10. The first-order chi connectivity index (χ1) is 13.7. The van der Waals surface area contributed by atoms with Gasteiger partial charge in [0.2, 0.25) is 0 Å². The minimum Gasteiger partial charge on any atom is -0.497 e. The van der Waals surface area contributed by atoms with Gasteiger partial charge in [-0.15, -0.1) is 24.0 Å². The van der Waals surface area contributed by atoms with Gasteiger partial charge in [0.25, 0.3) is 0 Å². The predicted molar refractivity (Wildman–Crippen MR) is 125 cm³/mol. The zero-order valence-corrected chi connectivity index (χ0v) is 19.1. The summed E-state index contributed by atoms with van der Waals surface area (Å²) in [5.41, 5.74) is 2.58. The van der Waals surface area contributed by atoms with Crippen LogP contribution in [0.25, 0.3) is 0 Å². The van der Waals surface area contributed by atoms with Crippen LogP contribution in [0.3, 0.4) is 0 Å². The molecule has 8 heteroatoms. The highest BCUT2D eigenvalue weighted by Gasteiger charge is 2.15. The zero-order valence-electron chi connectivity index (χ0n) is 16.8. The van der Waals surface area contributed by atoms with Gasteiger partial charge >= 0.3 is 0 Å². The monoisotopic (exact) mass is 514 g/mol. The van der Waals surface area contributed by atoms with Crippen molar-refractivity contribution in [3.63, 3.8) is 0 Å². The summed E-state index contributed by atoms with van der Waals surface area (Å²) in [5, 5.41) is 6.47. The van der Waals surface area contributed by atoms with Crippen molar-refractivity contribution in [1.82, 2.24) is 10.6 Å². The molecule has 0 saturated carbocycles. The van der Waals surface area contributed by atoms with Gasteiger partial charge in [0.1, 0.15) is 11.6 Å². The van der Waals surface area contributed by atoms with Gasteiger partial charge in [0.15, 0.2) is 5.96 Å². The van der Waals surface area contributed by atoms with Crippen molar-refractivity contribution in [3.05, 3.63) is 59.4 Å². The summed E-state index contributed by atoms with van der Waals surface area (Å²) >= 11 is 0. The molecule has 6 nitrogen and oxygen atoms in total. The van der Waals surface area contributed by atoms with Gasteiger partial charge in [-0.25, -0.2) is 4.39 Å². The minimum atomic E-state index is -0.208. The highest BCUT2D eigenvalue weighted by molar-refractivity contribution is 14.0. The maximum Gasteiger partial charge on any atom is 0.191 e. The number of methoxy groups -OCH3 is 1. The van der Waals surface area contributed by atoms with E-state index >= 15 is 0 Å². The van der Waals surface area contributed by atoms with E-state index in [1.807, 2.05) is 41.3 Å². The van der Waals surface area contributed by atoms with E-state index in [1.54, 1.807) is 20.2 Å². The Hall–Kier alpha value is -2.07. The Kier molecular flexibility index (Phi) is 9.46. The molecule has 0 aromatic heterocycles. The number of benzene rings is 2. The van der Waals surface area contributed by atoms with E-state index in [1.165, 1.54) is 0 Å². The third-order valence-electron chi connectivity index (χ3n) is 4.64. The minimum absolute atomic E-state index is 0. The van der Waals surface area contributed by atoms with Crippen LogP contribution in [0.1, 0.15) is 11.1 Å². The maximum absolute atomic E-state index is 14.5. The first kappa shape index (κ1) is 23.2. The smallest absolute Gasteiger partial charge is 0.191 e. The van der Waals surface area contributed by atoms with E-state index in [9.17, 15) is 4.39 Å². The Bertz CT molecular complexity index is 813. The third kappa shape index (κ3) is 6.74. The molecule has 29 heavy (non-hydrogen) atoms. The Morgan fingerprint density at radius 2 is 1.79 bits per heavy atom. The maximum atomic E-state index is 14.5. The topological polar surface area (TPSA) is 58.1 Å². The number of nitrogens with one attached hydrogen (secondary N) is 2. The summed E-state index contributed by atoms with van der Waals surface area (Å²) in [6.45, 7) is 3.81. The summed E-state index contributed by atoms with van der Waals surface area (Å²) < 4.78 is 25.1. The number of nitrogens with zero attached hydrogens (tertiary/aromatic N) is 2. The van der Waals surface area contributed by atoms with Crippen LogP contribution in [0.4, 0.5) is 10.1 Å². The lowest BCUT2D eigenvalue weighted by Crippen LogP contribution is -2.37. The molecule has 0 aliphatic carbocycles. The highest BCUT2D eigenvalue weighted by atomic mass is 127. The summed E-state index contributed by atoms with van der Waals surface area (Å²) in [6, 6.07) is 13.2. The van der Waals surface area contributed by atoms with Crippen LogP contribution < -0.4 is 20.3 Å². The largest absolute Gasteiger partial charge is 0.497 e. The van der Waals surface area contributed by atoms with Gasteiger partial charge in [-0.2, -0.15) is 0 Å². The van der Waals surface area contributed by atoms with E-state index in [2.05, 4.69) is 15.6 Å². The number of anilines is 1. The SMILES string of the molecule is CN=C(NCc1cccc(OC)c1)NCc1ccc(N2CCOCC2)c(F)c1.I. The number of hydrogen-bond donors (Lipinski definition) is 2. The molecule has 1 saturated heterocycles. The zero-order chi connectivity index (χ0) is 19.8. The molecule has 0 atom stereocenters. The Morgan fingerprint density at radius 3 is 2.41 bits per heavy atom. The fraction of sp³-hybridized carbons (Fsp3) is 0.381. The Labute approximate surface area is 188 Å². The van der Waals surface area contributed by atoms with Crippen molar-refractivity contribution in [3.8, 4) is 5.75 Å². The third-order valence-corrected chi connectivity index (χ3v) is 4.64. The van der Waals surface area contributed by atoms with Crippen LogP contribution in [0.5, 0.6) is 5.75 Å². The normalized spacial score (nSPS) is 14.2. The van der Waals surface area contributed by atoms with Crippen LogP contribution in [0.15, 0.2) is 47.5 Å². The molecule has 2 aromatic carbocycles. The molecule has 0 bridgehead atoms. The Morgan fingerprint density at radius 1 is 1.10 bits per heavy atom. The second-order valence-corrected chi connectivity index (χ2v) is 6.52. The van der Waals surface area contributed by atoms with E-state index in [-0.39, 0.29) is 29.8 Å². The molecule has 0 amide bonds. The lowest BCUT2D eigenvalue weighted by atomic mass is 10.1. The first-order valence-corrected chi connectivity index (χ1v) is 9.38. The van der Waals surface area contributed by atoms with Crippen molar-refractivity contribution in [2.24, 2.45) is 4.99 Å². The van der Waals surface area contributed by atoms with Crippen molar-refractivity contribution >= 4 is 35.6 Å². The van der Waals surface area contributed by atoms with Crippen molar-refractivity contribution < 1.29 is 13.9 Å². The molecule has 1 aliphatic rings. The standard InChI is InChI=1S/C21H27FN4O2.HI/c1-23-21(24-14-16-4-3-5-18(12-16)27-2)25-15-17-6-7-20(19(22)13-17)26-8-10-28-11-9-26;/h3-7,12-13H,8-11,14-15H2,1-2H3,(H2,23,24,25);1H. The van der Waals surface area contributed by atoms with Crippen LogP contribution in [0.2, 0.25) is 0 Å². The quantitative estimate of drug-likeness (QED) is 0.353. The second kappa shape index (κ2) is 11.8. The van der Waals surface area contributed by atoms with Crippen LogP contribution in [-0.4, -0.2) is 46.4 Å². The number of halogens is 2. The van der Waals surface area contributed by atoms with Gasteiger partial charge in [0.05, 0.1) is 26.0 Å². The summed E-state index contributed by atoms with van der Waals surface area (Å²) in [7, 11) is 3.36. The molecule has 1 aliphatic heterocycles. The average molecular weight is 514 g/mol. The molecule has 0 radical (unpaired) electrons. The van der Waals surface area contributed by atoms with E-state index in [4.69, 9.17) is 9.47 Å². The molecule has 2 N–H and O–H groups in total. The molecule has 1 fully saturated rings. The predicted octanol–water partition coefficient (Wildman–Crippen LogP) is 3.15. The number of aliphatic imine (C=N–C) groups is 1. The van der Waals surface area contributed by atoms with Gasteiger partial charge in [0, 0.05) is 33.2 Å². The number of guanidine groups is 1. The molecular formula is C21H28FIN4O2. The van der Waals surface area contributed by atoms with Crippen molar-refractivity contribution in [2.45, 2.75) is 13.1 Å². The van der Waals surface area contributed by atoms with E-state index < -0.39 is 0 Å². The number of hydrogen-bond acceptors (Lipinski definition) is 4. The van der Waals surface area contributed by atoms with E-state index in [0.717, 1.165) is 30.0 Å². The van der Waals surface area contributed by atoms with Crippen LogP contribution in [-0.2, 0) is 17.8 Å². The second-order valence-electron chi connectivity index (χ2n) is 6.52. The van der Waals surface area contributed by atoms with Gasteiger partial charge in [-0.3, -0.25) is 4.99 Å². The summed E-state index contributed by atoms with van der Waals surface area (Å²) in [4.78, 5) is 6.24. The molecule has 0 spiro atoms. The average Bonchev–Trinajstić information content (AvgIpc) is 2.74. The Balaban J connectivity index is 0.00000300. The van der Waals surface area contributed by atoms with Gasteiger partial charge in [-0.1, -0.05) is 18.2 Å². The lowest BCUT2D eigenvalue weighted by Gasteiger charge is -2.29. The van der Waals surface area contributed by atoms with Crippen LogP contribution in [0, 0.1) is 5.82 Å². The summed E-state index contributed by atoms with van der Waals surface area (Å²) in [5.74, 6) is 1.26. The fourth-order valence-electron chi connectivity index (χ4n) is 3.10. The lowest BCUT2D eigenvalue weighted by molar-refractivity contribution is 0.122. The molecule has 2 aromatic rings. The molecule has 158 valence electrons. The number of morpholine rings is 1. The number of ether oxygens (including phenoxy) is 2. The molecule has 3 rings (SSSR count). The van der Waals surface area contributed by atoms with Gasteiger partial charge < -0.3 is 25.0 Å². The first-order valence-electron chi connectivity index (χ1n) is 9.38. The van der Waals surface area contributed by atoms with E-state index in [0.29, 0.717) is 38.0 Å². The summed E-state index contributed by atoms with van der Waals surface area (Å²) in [6.07, 6.45) is 0. The van der Waals surface area contributed by atoms with Crippen molar-refractivity contribution in [1.29, 1.82) is 0 Å². The molecule has 1 heterocycles. The molecular weight excluding hydrogens is 486 g/mol. The van der Waals surface area contributed by atoms with Crippen LogP contribution >= 0.6 is 24.0 Å².